The molecule has 0 saturated carbocycles. The van der Waals surface area contributed by atoms with E-state index in [2.05, 4.69) is 0 Å². The van der Waals surface area contributed by atoms with Gasteiger partial charge in [0.25, 0.3) is 0 Å². The monoisotopic (exact) mass is 171 g/mol. The lowest BCUT2D eigenvalue weighted by Gasteiger charge is -2.32. The van der Waals surface area contributed by atoms with Crippen LogP contribution in [-0.2, 0) is 4.79 Å². The van der Waals surface area contributed by atoms with Crippen LogP contribution in [0.25, 0.3) is 0 Å². The summed E-state index contributed by atoms with van der Waals surface area (Å²) >= 11 is 0. The zero-order valence-corrected chi connectivity index (χ0v) is 7.79. The standard InChI is InChI=1S/C8H17N3O/c1-10(2)8(12)7-5-3-4-6-11(7)9/h7H,3-6,9H2,1-2H3/t7-/m0/s1. The molecule has 4 nitrogen and oxygen atoms in total. The number of likely N-dealkylation sites (N-methyl/N-ethyl adjacent to an activating group) is 1. The Morgan fingerprint density at radius 3 is 2.67 bits per heavy atom. The third kappa shape index (κ3) is 1.95. The fourth-order valence-corrected chi connectivity index (χ4v) is 1.52. The van der Waals surface area contributed by atoms with E-state index in [4.69, 9.17) is 5.84 Å². The molecule has 4 heteroatoms. The molecular weight excluding hydrogens is 154 g/mol. The van der Waals surface area contributed by atoms with Crippen molar-refractivity contribution in [2.45, 2.75) is 25.3 Å². The number of hydrazine groups is 1. The number of amides is 1. The second-order valence-electron chi connectivity index (χ2n) is 3.48. The summed E-state index contributed by atoms with van der Waals surface area (Å²) in [5.74, 6) is 5.83. The lowest BCUT2D eigenvalue weighted by Crippen LogP contribution is -2.52. The Kier molecular flexibility index (Phi) is 3.05. The van der Waals surface area contributed by atoms with Gasteiger partial charge in [-0.15, -0.1) is 0 Å². The maximum absolute atomic E-state index is 11.5. The molecule has 0 radical (unpaired) electrons. The van der Waals surface area contributed by atoms with Crippen molar-refractivity contribution >= 4 is 5.91 Å². The molecule has 0 aromatic rings. The third-order valence-corrected chi connectivity index (χ3v) is 2.27. The Labute approximate surface area is 73.3 Å². The largest absolute Gasteiger partial charge is 0.347 e. The summed E-state index contributed by atoms with van der Waals surface area (Å²) in [6.07, 6.45) is 3.11. The minimum Gasteiger partial charge on any atom is -0.347 e. The summed E-state index contributed by atoms with van der Waals surface area (Å²) in [4.78, 5) is 13.1. The predicted octanol–water partition coefficient (Wildman–Crippen LogP) is -0.197. The normalized spacial score (nSPS) is 25.4. The Bertz CT molecular complexity index is 170. The molecule has 1 aliphatic heterocycles. The molecule has 0 bridgehead atoms. The van der Waals surface area contributed by atoms with Gasteiger partial charge >= 0.3 is 0 Å². The number of nitrogens with two attached hydrogens (primary N) is 1. The molecule has 1 aliphatic rings. The first-order chi connectivity index (χ1) is 5.63. The summed E-state index contributed by atoms with van der Waals surface area (Å²) in [5.41, 5.74) is 0. The minimum absolute atomic E-state index is 0.0891. The van der Waals surface area contributed by atoms with E-state index in [1.165, 1.54) is 0 Å². The van der Waals surface area contributed by atoms with Crippen LogP contribution in [0.2, 0.25) is 0 Å². The predicted molar refractivity (Wildman–Crippen MR) is 47.2 cm³/mol. The lowest BCUT2D eigenvalue weighted by molar-refractivity contribution is -0.135. The molecule has 1 atom stereocenters. The SMILES string of the molecule is CN(C)C(=O)[C@@H]1CCCCN1N. The van der Waals surface area contributed by atoms with Gasteiger partial charge in [-0.25, -0.2) is 5.01 Å². The van der Waals surface area contributed by atoms with Gasteiger partial charge in [0.1, 0.15) is 6.04 Å². The van der Waals surface area contributed by atoms with Gasteiger partial charge in [0.2, 0.25) is 5.91 Å². The highest BCUT2D eigenvalue weighted by molar-refractivity contribution is 5.81. The Morgan fingerprint density at radius 2 is 2.17 bits per heavy atom. The van der Waals surface area contributed by atoms with E-state index in [0.29, 0.717) is 0 Å². The Morgan fingerprint density at radius 1 is 1.50 bits per heavy atom. The van der Waals surface area contributed by atoms with Gasteiger partial charge in [-0.3, -0.25) is 10.6 Å². The fraction of sp³-hybridized carbons (Fsp3) is 0.875. The van der Waals surface area contributed by atoms with E-state index in [-0.39, 0.29) is 11.9 Å². The average molecular weight is 171 g/mol. The molecule has 1 fully saturated rings. The molecule has 0 unspecified atom stereocenters. The van der Waals surface area contributed by atoms with Crippen molar-refractivity contribution in [1.29, 1.82) is 0 Å². The van der Waals surface area contributed by atoms with E-state index in [1.807, 2.05) is 0 Å². The van der Waals surface area contributed by atoms with Crippen molar-refractivity contribution in [3.05, 3.63) is 0 Å². The van der Waals surface area contributed by atoms with Crippen molar-refractivity contribution in [3.8, 4) is 0 Å². The summed E-state index contributed by atoms with van der Waals surface area (Å²) in [6.45, 7) is 0.838. The second kappa shape index (κ2) is 3.87. The molecule has 0 aromatic carbocycles. The maximum Gasteiger partial charge on any atom is 0.240 e. The number of piperidine rings is 1. The van der Waals surface area contributed by atoms with E-state index >= 15 is 0 Å². The van der Waals surface area contributed by atoms with Crippen molar-refractivity contribution < 1.29 is 4.79 Å². The molecule has 70 valence electrons. The van der Waals surface area contributed by atoms with E-state index in [9.17, 15) is 4.79 Å². The second-order valence-corrected chi connectivity index (χ2v) is 3.48. The molecule has 1 saturated heterocycles. The topological polar surface area (TPSA) is 49.6 Å². The van der Waals surface area contributed by atoms with Crippen LogP contribution in [0, 0.1) is 0 Å². The minimum atomic E-state index is -0.0891. The van der Waals surface area contributed by atoms with Gasteiger partial charge in [-0.1, -0.05) is 0 Å². The van der Waals surface area contributed by atoms with Crippen LogP contribution >= 0.6 is 0 Å². The quantitative estimate of drug-likeness (QED) is 0.556. The van der Waals surface area contributed by atoms with Crippen molar-refractivity contribution in [3.63, 3.8) is 0 Å². The molecule has 12 heavy (non-hydrogen) atoms. The molecule has 0 aliphatic carbocycles. The Balaban J connectivity index is 2.53. The van der Waals surface area contributed by atoms with Gasteiger partial charge in [-0.05, 0) is 19.3 Å². The number of carbonyl (C=O) groups excluding carboxylic acids is 1. The summed E-state index contributed by atoms with van der Waals surface area (Å²) in [6, 6.07) is -0.0891. The first-order valence-corrected chi connectivity index (χ1v) is 4.35. The highest BCUT2D eigenvalue weighted by Crippen LogP contribution is 2.14. The van der Waals surface area contributed by atoms with Crippen LogP contribution < -0.4 is 5.84 Å². The number of hydrogen-bond acceptors (Lipinski definition) is 3. The van der Waals surface area contributed by atoms with Crippen LogP contribution in [0.15, 0.2) is 0 Å². The van der Waals surface area contributed by atoms with Gasteiger partial charge in [0, 0.05) is 20.6 Å². The van der Waals surface area contributed by atoms with Crippen LogP contribution in [0.4, 0.5) is 0 Å². The number of hydrogen-bond donors (Lipinski definition) is 1. The zero-order valence-electron chi connectivity index (χ0n) is 7.79. The maximum atomic E-state index is 11.5. The van der Waals surface area contributed by atoms with E-state index in [0.717, 1.165) is 25.8 Å². The summed E-state index contributed by atoms with van der Waals surface area (Å²) < 4.78 is 0. The highest BCUT2D eigenvalue weighted by Gasteiger charge is 2.27. The molecule has 1 heterocycles. The van der Waals surface area contributed by atoms with Gasteiger partial charge in [-0.2, -0.15) is 0 Å². The van der Waals surface area contributed by atoms with Gasteiger partial charge in [0.05, 0.1) is 0 Å². The fourth-order valence-electron chi connectivity index (χ4n) is 1.52. The highest BCUT2D eigenvalue weighted by atomic mass is 16.2. The number of carbonyl (C=O) groups is 1. The first-order valence-electron chi connectivity index (χ1n) is 4.35. The van der Waals surface area contributed by atoms with Crippen molar-refractivity contribution in [2.24, 2.45) is 5.84 Å². The van der Waals surface area contributed by atoms with Gasteiger partial charge < -0.3 is 4.90 Å². The molecule has 2 N–H and O–H groups in total. The Hall–Kier alpha value is -0.610. The van der Waals surface area contributed by atoms with Crippen molar-refractivity contribution in [2.75, 3.05) is 20.6 Å². The molecule has 0 aromatic heterocycles. The van der Waals surface area contributed by atoms with Crippen molar-refractivity contribution in [1.82, 2.24) is 9.91 Å². The molecule has 0 spiro atoms. The summed E-state index contributed by atoms with van der Waals surface area (Å²) in [7, 11) is 3.54. The van der Waals surface area contributed by atoms with E-state index < -0.39 is 0 Å². The number of nitrogens with zero attached hydrogens (tertiary/aromatic N) is 2. The third-order valence-electron chi connectivity index (χ3n) is 2.27. The summed E-state index contributed by atoms with van der Waals surface area (Å²) in [5, 5.41) is 1.66. The van der Waals surface area contributed by atoms with Gasteiger partial charge in [0.15, 0.2) is 0 Å². The first kappa shape index (κ1) is 9.48. The average Bonchev–Trinajstić information content (AvgIpc) is 2.04. The van der Waals surface area contributed by atoms with Crippen LogP contribution in [0.3, 0.4) is 0 Å². The smallest absolute Gasteiger partial charge is 0.240 e. The lowest BCUT2D eigenvalue weighted by atomic mass is 10.0. The zero-order chi connectivity index (χ0) is 9.14. The molecular formula is C8H17N3O. The van der Waals surface area contributed by atoms with E-state index in [1.54, 1.807) is 24.0 Å². The van der Waals surface area contributed by atoms with Crippen LogP contribution in [0.1, 0.15) is 19.3 Å². The molecule has 1 rings (SSSR count). The van der Waals surface area contributed by atoms with Crippen LogP contribution in [0.5, 0.6) is 0 Å². The number of rotatable bonds is 1. The molecule has 1 amide bonds. The van der Waals surface area contributed by atoms with Crippen LogP contribution in [-0.4, -0.2) is 42.5 Å².